The van der Waals surface area contributed by atoms with Crippen LogP contribution in [0.4, 0.5) is 0 Å². The molecular formula is C18H29NO2. The Hall–Kier alpha value is -1.35. The lowest BCUT2D eigenvalue weighted by Gasteiger charge is -2.13. The molecule has 0 aromatic heterocycles. The van der Waals surface area contributed by atoms with Crippen molar-refractivity contribution in [2.75, 3.05) is 26.2 Å². The molecule has 21 heavy (non-hydrogen) atoms. The molecule has 3 heteroatoms. The summed E-state index contributed by atoms with van der Waals surface area (Å²) in [5, 5.41) is 0. The Kier molecular flexibility index (Phi) is 8.06. The fourth-order valence-corrected chi connectivity index (χ4v) is 2.60. The zero-order valence-corrected chi connectivity index (χ0v) is 12.4. The lowest BCUT2D eigenvalue weighted by Crippen LogP contribution is -2.20. The summed E-state index contributed by atoms with van der Waals surface area (Å²) in [4.78, 5) is 13.7. The van der Waals surface area contributed by atoms with Crippen LogP contribution in [0.3, 0.4) is 0 Å². The van der Waals surface area contributed by atoms with E-state index in [4.69, 9.17) is 4.74 Å². The highest BCUT2D eigenvalue weighted by Crippen LogP contribution is 2.13. The van der Waals surface area contributed by atoms with Crippen LogP contribution in [0, 0.1) is 0 Å². The molecule has 0 saturated carbocycles. The Morgan fingerprint density at radius 1 is 1.10 bits per heavy atom. The summed E-state index contributed by atoms with van der Waals surface area (Å²) in [7, 11) is 0. The van der Waals surface area contributed by atoms with Gasteiger partial charge in [0.1, 0.15) is 5.75 Å². The highest BCUT2D eigenvalue weighted by atomic mass is 16.5. The average Bonchev–Trinajstić information content (AvgIpc) is 2.96. The molecule has 0 atom stereocenters. The van der Waals surface area contributed by atoms with Gasteiger partial charge in [-0.1, -0.05) is 7.43 Å². The van der Waals surface area contributed by atoms with Gasteiger partial charge in [0.25, 0.3) is 0 Å². The molecule has 1 heterocycles. The van der Waals surface area contributed by atoms with Crippen molar-refractivity contribution in [3.8, 4) is 5.75 Å². The molecule has 0 N–H and O–H groups in total. The van der Waals surface area contributed by atoms with Gasteiger partial charge in [0.15, 0.2) is 5.78 Å². The molecule has 0 amide bonds. The maximum absolute atomic E-state index is 11.2. The molecule has 1 aromatic carbocycles. The van der Waals surface area contributed by atoms with Crippen molar-refractivity contribution in [3.63, 3.8) is 0 Å². The SMILES string of the molecule is C.CC(=O)c1ccc(OCCCCCN2CCCC2)cc1. The van der Waals surface area contributed by atoms with Crippen molar-refractivity contribution in [1.29, 1.82) is 0 Å². The normalized spacial score (nSPS) is 14.7. The van der Waals surface area contributed by atoms with E-state index < -0.39 is 0 Å². The first-order valence-corrected chi connectivity index (χ1v) is 7.72. The van der Waals surface area contributed by atoms with Gasteiger partial charge in [-0.2, -0.15) is 0 Å². The van der Waals surface area contributed by atoms with E-state index in [0.29, 0.717) is 0 Å². The number of unbranched alkanes of at least 4 members (excludes halogenated alkanes) is 2. The highest BCUT2D eigenvalue weighted by Gasteiger charge is 2.09. The van der Waals surface area contributed by atoms with Crippen molar-refractivity contribution in [2.24, 2.45) is 0 Å². The first-order valence-electron chi connectivity index (χ1n) is 7.72. The average molecular weight is 291 g/mol. The fourth-order valence-electron chi connectivity index (χ4n) is 2.60. The van der Waals surface area contributed by atoms with Crippen molar-refractivity contribution in [1.82, 2.24) is 4.90 Å². The minimum Gasteiger partial charge on any atom is -0.494 e. The van der Waals surface area contributed by atoms with Crippen LogP contribution in [-0.2, 0) is 0 Å². The number of Topliss-reactive ketones (excluding diaryl/α,β-unsaturated/α-hetero) is 1. The Labute approximate surface area is 129 Å². The molecule has 0 radical (unpaired) electrons. The molecule has 1 aliphatic rings. The quantitative estimate of drug-likeness (QED) is 0.532. The fraction of sp³-hybridized carbons (Fsp3) is 0.611. The number of nitrogens with zero attached hydrogens (tertiary/aromatic N) is 1. The third kappa shape index (κ3) is 6.30. The molecule has 118 valence electrons. The molecule has 0 bridgehead atoms. The summed E-state index contributed by atoms with van der Waals surface area (Å²) >= 11 is 0. The molecule has 1 fully saturated rings. The van der Waals surface area contributed by atoms with Crippen LogP contribution in [0.1, 0.15) is 56.8 Å². The summed E-state index contributed by atoms with van der Waals surface area (Å²) in [5.74, 6) is 0.952. The lowest BCUT2D eigenvalue weighted by atomic mass is 10.1. The van der Waals surface area contributed by atoms with Crippen LogP contribution < -0.4 is 4.74 Å². The first-order chi connectivity index (χ1) is 9.75. The van der Waals surface area contributed by atoms with E-state index in [-0.39, 0.29) is 13.2 Å². The largest absolute Gasteiger partial charge is 0.494 e. The van der Waals surface area contributed by atoms with Crippen molar-refractivity contribution in [2.45, 2.75) is 46.5 Å². The number of rotatable bonds is 8. The minimum atomic E-state index is 0. The Morgan fingerprint density at radius 3 is 2.38 bits per heavy atom. The third-order valence-electron chi connectivity index (χ3n) is 3.85. The summed E-state index contributed by atoms with van der Waals surface area (Å²) < 4.78 is 5.69. The maximum atomic E-state index is 11.2. The zero-order chi connectivity index (χ0) is 14.2. The summed E-state index contributed by atoms with van der Waals surface area (Å²) in [6.07, 6.45) is 6.34. The van der Waals surface area contributed by atoms with Gasteiger partial charge < -0.3 is 9.64 Å². The summed E-state index contributed by atoms with van der Waals surface area (Å²) in [6.45, 7) is 6.17. The number of hydrogen-bond donors (Lipinski definition) is 0. The van der Waals surface area contributed by atoms with Gasteiger partial charge in [-0.25, -0.2) is 0 Å². The van der Waals surface area contributed by atoms with Gasteiger partial charge in [-0.15, -0.1) is 0 Å². The summed E-state index contributed by atoms with van der Waals surface area (Å²) in [6, 6.07) is 7.40. The van der Waals surface area contributed by atoms with Gasteiger partial charge in [0, 0.05) is 5.56 Å². The highest BCUT2D eigenvalue weighted by molar-refractivity contribution is 5.94. The molecule has 1 aromatic rings. The molecule has 1 saturated heterocycles. The number of carbonyl (C=O) groups is 1. The molecule has 1 aliphatic heterocycles. The number of ether oxygens (including phenoxy) is 1. The lowest BCUT2D eigenvalue weighted by molar-refractivity contribution is 0.101. The van der Waals surface area contributed by atoms with E-state index in [0.717, 1.165) is 24.3 Å². The van der Waals surface area contributed by atoms with Gasteiger partial charge in [0.05, 0.1) is 6.61 Å². The summed E-state index contributed by atoms with van der Waals surface area (Å²) in [5.41, 5.74) is 0.739. The van der Waals surface area contributed by atoms with Crippen LogP contribution in [0.25, 0.3) is 0 Å². The molecule has 0 aliphatic carbocycles. The van der Waals surface area contributed by atoms with Crippen molar-refractivity contribution in [3.05, 3.63) is 29.8 Å². The van der Waals surface area contributed by atoms with Gasteiger partial charge in [-0.3, -0.25) is 4.79 Å². The second kappa shape index (κ2) is 9.56. The van der Waals surface area contributed by atoms with Crippen LogP contribution >= 0.6 is 0 Å². The predicted octanol–water partition coefficient (Wildman–Crippen LogP) is 4.17. The van der Waals surface area contributed by atoms with Crippen LogP contribution in [0.15, 0.2) is 24.3 Å². The predicted molar refractivity (Wildman–Crippen MR) is 88.2 cm³/mol. The number of likely N-dealkylation sites (tertiary alicyclic amines) is 1. The Balaban J connectivity index is 0.00000220. The standard InChI is InChI=1S/C17H25NO2.CH4/c1-15(19)16-7-9-17(10-8-16)20-14-6-2-3-11-18-12-4-5-13-18;/h7-10H,2-6,11-14H2,1H3;1H4. The van der Waals surface area contributed by atoms with Gasteiger partial charge in [-0.05, 0) is 82.9 Å². The smallest absolute Gasteiger partial charge is 0.159 e. The van der Waals surface area contributed by atoms with E-state index in [1.54, 1.807) is 6.92 Å². The zero-order valence-electron chi connectivity index (χ0n) is 12.4. The molecule has 2 rings (SSSR count). The van der Waals surface area contributed by atoms with E-state index >= 15 is 0 Å². The second-order valence-corrected chi connectivity index (χ2v) is 5.54. The molecule has 0 unspecified atom stereocenters. The van der Waals surface area contributed by atoms with Crippen molar-refractivity contribution >= 4 is 5.78 Å². The van der Waals surface area contributed by atoms with E-state index in [1.165, 1.54) is 45.3 Å². The van der Waals surface area contributed by atoms with E-state index in [1.807, 2.05) is 24.3 Å². The Morgan fingerprint density at radius 2 is 1.76 bits per heavy atom. The molecular weight excluding hydrogens is 262 g/mol. The van der Waals surface area contributed by atoms with Gasteiger partial charge in [0.2, 0.25) is 0 Å². The molecule has 0 spiro atoms. The minimum absolute atomic E-state index is 0. The number of carbonyl (C=O) groups excluding carboxylic acids is 1. The van der Waals surface area contributed by atoms with Crippen LogP contribution in [0.5, 0.6) is 5.75 Å². The molecule has 3 nitrogen and oxygen atoms in total. The third-order valence-corrected chi connectivity index (χ3v) is 3.85. The number of ketones is 1. The van der Waals surface area contributed by atoms with Gasteiger partial charge >= 0.3 is 0 Å². The maximum Gasteiger partial charge on any atom is 0.159 e. The monoisotopic (exact) mass is 291 g/mol. The van der Waals surface area contributed by atoms with Crippen LogP contribution in [0.2, 0.25) is 0 Å². The van der Waals surface area contributed by atoms with Crippen molar-refractivity contribution < 1.29 is 9.53 Å². The van der Waals surface area contributed by atoms with E-state index in [9.17, 15) is 4.79 Å². The van der Waals surface area contributed by atoms with Crippen LogP contribution in [-0.4, -0.2) is 36.9 Å². The number of hydrogen-bond acceptors (Lipinski definition) is 3. The number of benzene rings is 1. The first kappa shape index (κ1) is 17.7. The second-order valence-electron chi connectivity index (χ2n) is 5.54. The Bertz CT molecular complexity index is 408. The topological polar surface area (TPSA) is 29.5 Å². The van der Waals surface area contributed by atoms with E-state index in [2.05, 4.69) is 4.90 Å².